The molecule has 2 N–H and O–H groups in total. The summed E-state index contributed by atoms with van der Waals surface area (Å²) in [6.07, 6.45) is 9.23. The number of sulfonamides is 1. The molecule has 198 valence electrons. The monoisotopic (exact) mass is 534 g/mol. The molecule has 1 aliphatic heterocycles. The summed E-state index contributed by atoms with van der Waals surface area (Å²) in [6, 6.07) is 5.19. The number of likely N-dealkylation sites (tertiary alicyclic amines) is 1. The zero-order valence-electron chi connectivity index (χ0n) is 21.7. The summed E-state index contributed by atoms with van der Waals surface area (Å²) >= 11 is 1.56. The standard InChI is InChI=1S/C26H38N4O4S2/c1-26(2,3)29-36(32,33)23-15-19(28-25(31)34-17-20-11-8-14-30(20)4)12-13-21(23)22-16-27-24(35-22)18-9-6-5-7-10-18/h12-13,15-16,18,20,29H,5-11,14,17H2,1-4H3,(H,28,31)/t20-/m0/s1. The van der Waals surface area contributed by atoms with Crippen molar-refractivity contribution in [3.63, 3.8) is 0 Å². The fourth-order valence-electron chi connectivity index (χ4n) is 4.95. The number of likely N-dealkylation sites (N-methyl/N-ethyl adjacent to an activating group) is 1. The van der Waals surface area contributed by atoms with Crippen molar-refractivity contribution < 1.29 is 17.9 Å². The quantitative estimate of drug-likeness (QED) is 0.481. The smallest absolute Gasteiger partial charge is 0.411 e. The number of amides is 1. The molecule has 1 aromatic heterocycles. The van der Waals surface area contributed by atoms with E-state index >= 15 is 0 Å². The first-order valence-corrected chi connectivity index (χ1v) is 15.1. The summed E-state index contributed by atoms with van der Waals surface area (Å²) in [6.45, 7) is 6.72. The highest BCUT2D eigenvalue weighted by Crippen LogP contribution is 2.39. The molecule has 1 amide bonds. The third-order valence-corrected chi connectivity index (χ3v) is 9.77. The van der Waals surface area contributed by atoms with Gasteiger partial charge in [0.15, 0.2) is 0 Å². The molecule has 1 atom stereocenters. The lowest BCUT2D eigenvalue weighted by Crippen LogP contribution is -2.40. The molecule has 2 fully saturated rings. The Kier molecular flexibility index (Phi) is 8.38. The van der Waals surface area contributed by atoms with Crippen LogP contribution in [0.1, 0.15) is 76.6 Å². The maximum atomic E-state index is 13.4. The number of ether oxygens (including phenoxy) is 1. The van der Waals surface area contributed by atoms with Crippen molar-refractivity contribution >= 4 is 33.1 Å². The zero-order valence-corrected chi connectivity index (χ0v) is 23.3. The maximum Gasteiger partial charge on any atom is 0.411 e. The van der Waals surface area contributed by atoms with Gasteiger partial charge in [0, 0.05) is 34.9 Å². The number of hydrogen-bond acceptors (Lipinski definition) is 7. The van der Waals surface area contributed by atoms with E-state index in [9.17, 15) is 13.2 Å². The van der Waals surface area contributed by atoms with E-state index in [2.05, 4.69) is 19.9 Å². The zero-order chi connectivity index (χ0) is 25.9. The molecule has 2 heterocycles. The first-order chi connectivity index (χ1) is 17.0. The van der Waals surface area contributed by atoms with Crippen molar-refractivity contribution in [3.05, 3.63) is 29.4 Å². The number of rotatable bonds is 7. The van der Waals surface area contributed by atoms with E-state index in [0.29, 0.717) is 23.8 Å². The second-order valence-corrected chi connectivity index (χ2v) is 13.7. The lowest BCUT2D eigenvalue weighted by Gasteiger charge is -2.22. The number of carbonyl (C=O) groups excluding carboxylic acids is 1. The fourth-order valence-corrected chi connectivity index (χ4v) is 7.81. The Hall–Kier alpha value is -2.01. The van der Waals surface area contributed by atoms with Crippen LogP contribution in [0.2, 0.25) is 0 Å². The number of nitrogens with one attached hydrogen (secondary N) is 2. The molecular weight excluding hydrogens is 496 g/mol. The molecule has 1 aliphatic carbocycles. The summed E-state index contributed by atoms with van der Waals surface area (Å²) in [5.41, 5.74) is 0.292. The molecule has 0 bridgehead atoms. The van der Waals surface area contributed by atoms with Crippen LogP contribution in [-0.4, -0.2) is 56.2 Å². The van der Waals surface area contributed by atoms with Crippen LogP contribution < -0.4 is 10.0 Å². The molecule has 2 aliphatic rings. The first kappa shape index (κ1) is 27.0. The second-order valence-electron chi connectivity index (χ2n) is 11.0. The Balaban J connectivity index is 1.58. The van der Waals surface area contributed by atoms with Crippen LogP contribution in [0.15, 0.2) is 29.3 Å². The largest absolute Gasteiger partial charge is 0.448 e. The molecule has 0 unspecified atom stereocenters. The van der Waals surface area contributed by atoms with Crippen LogP contribution in [0.4, 0.5) is 10.5 Å². The van der Waals surface area contributed by atoms with Gasteiger partial charge in [-0.25, -0.2) is 22.9 Å². The van der Waals surface area contributed by atoms with Crippen LogP contribution >= 0.6 is 11.3 Å². The molecule has 36 heavy (non-hydrogen) atoms. The van der Waals surface area contributed by atoms with Crippen molar-refractivity contribution in [1.29, 1.82) is 0 Å². The Labute approximate surface area is 218 Å². The number of thiazole rings is 1. The van der Waals surface area contributed by atoms with E-state index < -0.39 is 21.7 Å². The molecule has 10 heteroatoms. The van der Waals surface area contributed by atoms with Gasteiger partial charge in [0.25, 0.3) is 0 Å². The number of aromatic nitrogens is 1. The Morgan fingerprint density at radius 2 is 1.92 bits per heavy atom. The van der Waals surface area contributed by atoms with Crippen molar-refractivity contribution in [2.75, 3.05) is 25.5 Å². The van der Waals surface area contributed by atoms with E-state index in [0.717, 1.165) is 42.1 Å². The number of carbonyl (C=O) groups is 1. The molecule has 4 rings (SSSR count). The minimum absolute atomic E-state index is 0.115. The normalized spacial score (nSPS) is 19.9. The van der Waals surface area contributed by atoms with Crippen LogP contribution in [0.25, 0.3) is 10.4 Å². The molecule has 1 saturated heterocycles. The fraction of sp³-hybridized carbons (Fsp3) is 0.615. The van der Waals surface area contributed by atoms with Crippen LogP contribution in [-0.2, 0) is 14.8 Å². The topological polar surface area (TPSA) is 101 Å². The summed E-state index contributed by atoms with van der Waals surface area (Å²) in [7, 11) is -1.85. The average molecular weight is 535 g/mol. The van der Waals surface area contributed by atoms with Gasteiger partial charge in [0.05, 0.1) is 14.8 Å². The van der Waals surface area contributed by atoms with E-state index in [4.69, 9.17) is 4.74 Å². The van der Waals surface area contributed by atoms with E-state index in [1.807, 2.05) is 7.05 Å². The summed E-state index contributed by atoms with van der Waals surface area (Å²) in [4.78, 5) is 20.2. The summed E-state index contributed by atoms with van der Waals surface area (Å²) in [5, 5.41) is 3.78. The van der Waals surface area contributed by atoms with Crippen molar-refractivity contribution in [3.8, 4) is 10.4 Å². The molecule has 2 aromatic rings. The molecule has 8 nitrogen and oxygen atoms in total. The van der Waals surface area contributed by atoms with Crippen LogP contribution in [0.5, 0.6) is 0 Å². The van der Waals surface area contributed by atoms with Gasteiger partial charge >= 0.3 is 6.09 Å². The first-order valence-electron chi connectivity index (χ1n) is 12.8. The molecular formula is C26H38N4O4S2. The van der Waals surface area contributed by atoms with Crippen molar-refractivity contribution in [2.45, 2.75) is 88.1 Å². The lowest BCUT2D eigenvalue weighted by molar-refractivity contribution is 0.127. The van der Waals surface area contributed by atoms with Gasteiger partial charge in [-0.3, -0.25) is 5.32 Å². The SMILES string of the molecule is CN1CCC[C@H]1COC(=O)Nc1ccc(-c2cnc(C3CCCCC3)s2)c(S(=O)(=O)NC(C)(C)C)c1. The van der Waals surface area contributed by atoms with E-state index in [1.165, 1.54) is 25.3 Å². The maximum absolute atomic E-state index is 13.4. The number of anilines is 1. The highest BCUT2D eigenvalue weighted by atomic mass is 32.2. The minimum atomic E-state index is -3.87. The van der Waals surface area contributed by atoms with Crippen LogP contribution in [0.3, 0.4) is 0 Å². The second kappa shape index (κ2) is 11.2. The third kappa shape index (κ3) is 6.85. The Bertz CT molecular complexity index is 1170. The Morgan fingerprint density at radius 3 is 2.58 bits per heavy atom. The number of hydrogen-bond donors (Lipinski definition) is 2. The lowest BCUT2D eigenvalue weighted by atomic mass is 9.90. The van der Waals surface area contributed by atoms with Gasteiger partial charge in [0.2, 0.25) is 10.0 Å². The average Bonchev–Trinajstić information content (AvgIpc) is 3.46. The van der Waals surface area contributed by atoms with E-state index in [1.54, 1.807) is 50.4 Å². The number of nitrogens with zero attached hydrogens (tertiary/aromatic N) is 2. The molecule has 1 saturated carbocycles. The van der Waals surface area contributed by atoms with Gasteiger partial charge in [-0.15, -0.1) is 11.3 Å². The van der Waals surface area contributed by atoms with Gasteiger partial charge in [-0.1, -0.05) is 25.3 Å². The minimum Gasteiger partial charge on any atom is -0.448 e. The van der Waals surface area contributed by atoms with Crippen LogP contribution in [0, 0.1) is 0 Å². The highest BCUT2D eigenvalue weighted by molar-refractivity contribution is 7.89. The van der Waals surface area contributed by atoms with Gasteiger partial charge in [0.1, 0.15) is 6.61 Å². The number of benzene rings is 1. The molecule has 0 spiro atoms. The van der Waals surface area contributed by atoms with Gasteiger partial charge in [-0.05, 0) is 72.2 Å². The van der Waals surface area contributed by atoms with Crippen molar-refractivity contribution in [1.82, 2.24) is 14.6 Å². The third-order valence-electron chi connectivity index (χ3n) is 6.78. The molecule has 1 aromatic carbocycles. The van der Waals surface area contributed by atoms with Gasteiger partial charge in [-0.2, -0.15) is 0 Å². The predicted molar refractivity (Wildman–Crippen MR) is 144 cm³/mol. The highest BCUT2D eigenvalue weighted by Gasteiger charge is 2.28. The predicted octanol–water partition coefficient (Wildman–Crippen LogP) is 5.58. The Morgan fingerprint density at radius 1 is 1.17 bits per heavy atom. The summed E-state index contributed by atoms with van der Waals surface area (Å²) in [5.74, 6) is 0.444. The van der Waals surface area contributed by atoms with Crippen molar-refractivity contribution in [2.24, 2.45) is 0 Å². The van der Waals surface area contributed by atoms with E-state index in [-0.39, 0.29) is 10.9 Å². The van der Waals surface area contributed by atoms with Gasteiger partial charge < -0.3 is 9.64 Å². The molecule has 0 radical (unpaired) electrons. The summed E-state index contributed by atoms with van der Waals surface area (Å²) < 4.78 is 35.1.